The number of hydrogen-bond acceptors (Lipinski definition) is 1. The predicted molar refractivity (Wildman–Crippen MR) is 60.1 cm³/mol. The topological polar surface area (TPSA) is 12.9 Å². The maximum absolute atomic E-state index is 4.23. The molecule has 0 radical (unpaired) electrons. The van der Waals surface area contributed by atoms with Crippen LogP contribution < -0.4 is 0 Å². The Labute approximate surface area is 85.9 Å². The molecular formula is C13H17N. The van der Waals surface area contributed by atoms with Gasteiger partial charge in [0.25, 0.3) is 0 Å². The van der Waals surface area contributed by atoms with Crippen LogP contribution in [0.3, 0.4) is 0 Å². The molecule has 1 aliphatic carbocycles. The van der Waals surface area contributed by atoms with Gasteiger partial charge < -0.3 is 0 Å². The minimum atomic E-state index is 0.756. The van der Waals surface area contributed by atoms with E-state index in [4.69, 9.17) is 0 Å². The first-order valence-corrected chi connectivity index (χ1v) is 5.38. The third kappa shape index (κ3) is 1.87. The van der Waals surface area contributed by atoms with E-state index in [1.54, 1.807) is 0 Å². The standard InChI is InChI=1S/C13H17N/c1-3-13-9-12(6-7-14-13)11-5-4-10(2)8-11/h3,6-7,9-11H,1,4-5,8H2,2H3. The maximum atomic E-state index is 4.23. The molecule has 0 amide bonds. The average Bonchev–Trinajstić information content (AvgIpc) is 2.65. The van der Waals surface area contributed by atoms with Crippen LogP contribution in [0.1, 0.15) is 43.4 Å². The second-order valence-corrected chi connectivity index (χ2v) is 4.33. The van der Waals surface area contributed by atoms with Crippen LogP contribution in [-0.2, 0) is 0 Å². The Morgan fingerprint density at radius 2 is 2.36 bits per heavy atom. The van der Waals surface area contributed by atoms with Gasteiger partial charge in [-0.1, -0.05) is 19.9 Å². The van der Waals surface area contributed by atoms with Crippen molar-refractivity contribution in [1.29, 1.82) is 0 Å². The minimum Gasteiger partial charge on any atom is -0.257 e. The molecule has 2 unspecified atom stereocenters. The second kappa shape index (κ2) is 3.95. The third-order valence-electron chi connectivity index (χ3n) is 3.18. The minimum absolute atomic E-state index is 0.756. The van der Waals surface area contributed by atoms with E-state index >= 15 is 0 Å². The van der Waals surface area contributed by atoms with Gasteiger partial charge in [-0.2, -0.15) is 0 Å². The van der Waals surface area contributed by atoms with Crippen LogP contribution in [0.25, 0.3) is 6.08 Å². The van der Waals surface area contributed by atoms with E-state index in [9.17, 15) is 0 Å². The molecule has 14 heavy (non-hydrogen) atoms. The Morgan fingerprint density at radius 3 is 3.00 bits per heavy atom. The van der Waals surface area contributed by atoms with Crippen LogP contribution in [0.4, 0.5) is 0 Å². The van der Waals surface area contributed by atoms with E-state index in [1.807, 2.05) is 12.3 Å². The van der Waals surface area contributed by atoms with Crippen molar-refractivity contribution in [3.63, 3.8) is 0 Å². The lowest BCUT2D eigenvalue weighted by atomic mass is 9.97. The summed E-state index contributed by atoms with van der Waals surface area (Å²) in [4.78, 5) is 4.23. The fraction of sp³-hybridized carbons (Fsp3) is 0.462. The summed E-state index contributed by atoms with van der Waals surface area (Å²) in [6, 6.07) is 4.32. The quantitative estimate of drug-likeness (QED) is 0.689. The molecule has 0 aliphatic heterocycles. The Morgan fingerprint density at radius 1 is 1.50 bits per heavy atom. The predicted octanol–water partition coefficient (Wildman–Crippen LogP) is 3.63. The molecule has 0 N–H and O–H groups in total. The SMILES string of the molecule is C=Cc1cc(C2CCC(C)C2)ccn1. The molecule has 1 aliphatic rings. The summed E-state index contributed by atoms with van der Waals surface area (Å²) >= 11 is 0. The van der Waals surface area contributed by atoms with Gasteiger partial charge in [-0.3, -0.25) is 4.98 Å². The molecule has 1 aromatic heterocycles. The van der Waals surface area contributed by atoms with E-state index in [-0.39, 0.29) is 0 Å². The zero-order valence-electron chi connectivity index (χ0n) is 8.74. The number of pyridine rings is 1. The van der Waals surface area contributed by atoms with Crippen LogP contribution in [0.5, 0.6) is 0 Å². The van der Waals surface area contributed by atoms with E-state index in [2.05, 4.69) is 30.6 Å². The van der Waals surface area contributed by atoms with Crippen molar-refractivity contribution in [1.82, 2.24) is 4.98 Å². The molecule has 0 spiro atoms. The van der Waals surface area contributed by atoms with Crippen molar-refractivity contribution >= 4 is 6.08 Å². The van der Waals surface area contributed by atoms with E-state index in [0.29, 0.717) is 0 Å². The van der Waals surface area contributed by atoms with Crippen molar-refractivity contribution in [2.24, 2.45) is 5.92 Å². The molecule has 0 aromatic carbocycles. The highest BCUT2D eigenvalue weighted by Gasteiger charge is 2.22. The zero-order chi connectivity index (χ0) is 9.97. The molecule has 1 fully saturated rings. The smallest absolute Gasteiger partial charge is 0.0626 e. The summed E-state index contributed by atoms with van der Waals surface area (Å²) in [6.07, 6.45) is 7.76. The Hall–Kier alpha value is -1.11. The summed E-state index contributed by atoms with van der Waals surface area (Å²) in [5, 5.41) is 0. The summed E-state index contributed by atoms with van der Waals surface area (Å²) in [5.41, 5.74) is 2.45. The van der Waals surface area contributed by atoms with E-state index in [1.165, 1.54) is 24.8 Å². The summed E-state index contributed by atoms with van der Waals surface area (Å²) < 4.78 is 0. The van der Waals surface area contributed by atoms with Gasteiger partial charge in [0.1, 0.15) is 0 Å². The average molecular weight is 187 g/mol. The van der Waals surface area contributed by atoms with Crippen molar-refractivity contribution in [3.05, 3.63) is 36.2 Å². The number of aromatic nitrogens is 1. The first-order chi connectivity index (χ1) is 6.79. The molecule has 0 saturated heterocycles. The van der Waals surface area contributed by atoms with Crippen molar-refractivity contribution in [3.8, 4) is 0 Å². The lowest BCUT2D eigenvalue weighted by molar-refractivity contribution is 0.596. The van der Waals surface area contributed by atoms with Gasteiger partial charge in [0.2, 0.25) is 0 Å². The van der Waals surface area contributed by atoms with Gasteiger partial charge in [0.05, 0.1) is 5.69 Å². The Balaban J connectivity index is 2.19. The molecule has 1 aromatic rings. The molecule has 1 heteroatoms. The molecule has 2 atom stereocenters. The van der Waals surface area contributed by atoms with E-state index < -0.39 is 0 Å². The van der Waals surface area contributed by atoms with Crippen LogP contribution in [-0.4, -0.2) is 4.98 Å². The fourth-order valence-corrected chi connectivity index (χ4v) is 2.34. The first-order valence-electron chi connectivity index (χ1n) is 5.38. The summed E-state index contributed by atoms with van der Waals surface area (Å²) in [5.74, 6) is 1.65. The molecule has 1 nitrogen and oxygen atoms in total. The maximum Gasteiger partial charge on any atom is 0.0626 e. The Bertz CT molecular complexity index is 330. The summed E-state index contributed by atoms with van der Waals surface area (Å²) in [6.45, 7) is 6.09. The van der Waals surface area contributed by atoms with Crippen LogP contribution in [0.2, 0.25) is 0 Å². The molecule has 1 heterocycles. The molecular weight excluding hydrogens is 170 g/mol. The second-order valence-electron chi connectivity index (χ2n) is 4.33. The van der Waals surface area contributed by atoms with Gasteiger partial charge in [0, 0.05) is 6.20 Å². The first kappa shape index (κ1) is 9.45. The third-order valence-corrected chi connectivity index (χ3v) is 3.18. The van der Waals surface area contributed by atoms with Gasteiger partial charge in [-0.05, 0) is 48.4 Å². The van der Waals surface area contributed by atoms with Crippen LogP contribution in [0.15, 0.2) is 24.9 Å². The van der Waals surface area contributed by atoms with E-state index in [0.717, 1.165) is 17.5 Å². The number of nitrogens with zero attached hydrogens (tertiary/aromatic N) is 1. The largest absolute Gasteiger partial charge is 0.257 e. The highest BCUT2D eigenvalue weighted by Crippen LogP contribution is 2.37. The highest BCUT2D eigenvalue weighted by atomic mass is 14.7. The monoisotopic (exact) mass is 187 g/mol. The molecule has 74 valence electrons. The number of hydrogen-bond donors (Lipinski definition) is 0. The lowest BCUT2D eigenvalue weighted by Crippen LogP contribution is -1.94. The number of rotatable bonds is 2. The zero-order valence-corrected chi connectivity index (χ0v) is 8.74. The summed E-state index contributed by atoms with van der Waals surface area (Å²) in [7, 11) is 0. The van der Waals surface area contributed by atoms with Crippen molar-refractivity contribution in [2.45, 2.75) is 32.1 Å². The van der Waals surface area contributed by atoms with Gasteiger partial charge in [-0.15, -0.1) is 0 Å². The fourth-order valence-electron chi connectivity index (χ4n) is 2.34. The molecule has 2 rings (SSSR count). The van der Waals surface area contributed by atoms with Crippen molar-refractivity contribution in [2.75, 3.05) is 0 Å². The highest BCUT2D eigenvalue weighted by molar-refractivity contribution is 5.43. The van der Waals surface area contributed by atoms with Crippen LogP contribution in [0, 0.1) is 5.92 Å². The van der Waals surface area contributed by atoms with Gasteiger partial charge in [-0.25, -0.2) is 0 Å². The Kier molecular flexibility index (Phi) is 2.67. The molecule has 0 bridgehead atoms. The lowest BCUT2D eigenvalue weighted by Gasteiger charge is -2.09. The molecule has 1 saturated carbocycles. The normalized spacial score (nSPS) is 26.4. The van der Waals surface area contributed by atoms with Crippen LogP contribution >= 0.6 is 0 Å². The van der Waals surface area contributed by atoms with Crippen molar-refractivity contribution < 1.29 is 0 Å². The van der Waals surface area contributed by atoms with Gasteiger partial charge in [0.15, 0.2) is 0 Å². The van der Waals surface area contributed by atoms with Gasteiger partial charge >= 0.3 is 0 Å².